The highest BCUT2D eigenvalue weighted by Gasteiger charge is 2.16. The number of fused-ring (bicyclic) bond motifs is 1. The minimum atomic E-state index is 0.323. The fourth-order valence-corrected chi connectivity index (χ4v) is 3.02. The van der Waals surface area contributed by atoms with E-state index in [0.29, 0.717) is 18.0 Å². The van der Waals surface area contributed by atoms with Gasteiger partial charge < -0.3 is 10.1 Å². The number of ether oxygens (including phenoxy) is 1. The lowest BCUT2D eigenvalue weighted by Crippen LogP contribution is -2.41. The minimum Gasteiger partial charge on any atom is -0.497 e. The van der Waals surface area contributed by atoms with Crippen LogP contribution in [0.15, 0.2) is 30.5 Å². The van der Waals surface area contributed by atoms with Gasteiger partial charge in [-0.05, 0) is 38.8 Å². The predicted molar refractivity (Wildman–Crippen MR) is 103 cm³/mol. The molecule has 0 bridgehead atoms. The molecule has 0 aliphatic carbocycles. The van der Waals surface area contributed by atoms with Crippen molar-refractivity contribution in [1.29, 1.82) is 0 Å². The number of pyridine rings is 1. The van der Waals surface area contributed by atoms with Gasteiger partial charge in [0.1, 0.15) is 5.75 Å². The van der Waals surface area contributed by atoms with Crippen LogP contribution in [0.5, 0.6) is 5.75 Å². The van der Waals surface area contributed by atoms with Crippen LogP contribution in [-0.4, -0.2) is 42.2 Å². The highest BCUT2D eigenvalue weighted by molar-refractivity contribution is 5.91. The van der Waals surface area contributed by atoms with Gasteiger partial charge in [0.15, 0.2) is 0 Å². The van der Waals surface area contributed by atoms with Crippen LogP contribution in [0.25, 0.3) is 10.9 Å². The highest BCUT2D eigenvalue weighted by Crippen LogP contribution is 2.28. The molecule has 1 aromatic heterocycles. The third-order valence-electron chi connectivity index (χ3n) is 4.15. The molecule has 132 valence electrons. The molecular formula is C20H31N3O. The second kappa shape index (κ2) is 8.34. The van der Waals surface area contributed by atoms with E-state index in [0.717, 1.165) is 35.4 Å². The molecule has 1 heterocycles. The van der Waals surface area contributed by atoms with Gasteiger partial charge in [-0.1, -0.05) is 19.9 Å². The van der Waals surface area contributed by atoms with E-state index in [1.165, 1.54) is 0 Å². The molecule has 2 rings (SSSR count). The van der Waals surface area contributed by atoms with Crippen molar-refractivity contribution >= 4 is 16.6 Å². The molecule has 0 saturated heterocycles. The van der Waals surface area contributed by atoms with Crippen LogP contribution in [0.2, 0.25) is 0 Å². The number of aromatic nitrogens is 1. The quantitative estimate of drug-likeness (QED) is 0.778. The monoisotopic (exact) mass is 329 g/mol. The number of anilines is 1. The van der Waals surface area contributed by atoms with Gasteiger partial charge >= 0.3 is 0 Å². The van der Waals surface area contributed by atoms with Gasteiger partial charge in [0.25, 0.3) is 0 Å². The van der Waals surface area contributed by atoms with Crippen LogP contribution in [0.4, 0.5) is 5.69 Å². The summed E-state index contributed by atoms with van der Waals surface area (Å²) in [4.78, 5) is 7.07. The van der Waals surface area contributed by atoms with E-state index in [2.05, 4.69) is 55.9 Å². The summed E-state index contributed by atoms with van der Waals surface area (Å²) >= 11 is 0. The number of benzene rings is 1. The van der Waals surface area contributed by atoms with Crippen LogP contribution in [0.1, 0.15) is 34.6 Å². The molecule has 0 amide bonds. The molecule has 0 fully saturated rings. The summed E-state index contributed by atoms with van der Waals surface area (Å²) in [5, 5.41) is 4.73. The summed E-state index contributed by atoms with van der Waals surface area (Å²) in [6.45, 7) is 13.4. The normalized spacial score (nSPS) is 13.0. The van der Waals surface area contributed by atoms with Crippen LogP contribution < -0.4 is 10.1 Å². The fourth-order valence-electron chi connectivity index (χ4n) is 3.02. The number of methoxy groups -OCH3 is 1. The van der Waals surface area contributed by atoms with Gasteiger partial charge in [0, 0.05) is 42.8 Å². The minimum absolute atomic E-state index is 0.323. The topological polar surface area (TPSA) is 37.4 Å². The third-order valence-corrected chi connectivity index (χ3v) is 4.15. The number of nitrogens with zero attached hydrogens (tertiary/aromatic N) is 2. The largest absolute Gasteiger partial charge is 0.497 e. The Hall–Kier alpha value is -1.81. The first-order chi connectivity index (χ1) is 11.4. The van der Waals surface area contributed by atoms with Gasteiger partial charge in [-0.2, -0.15) is 0 Å². The Morgan fingerprint density at radius 1 is 1.12 bits per heavy atom. The van der Waals surface area contributed by atoms with Crippen LogP contribution >= 0.6 is 0 Å². The summed E-state index contributed by atoms with van der Waals surface area (Å²) in [7, 11) is 1.70. The Morgan fingerprint density at radius 3 is 2.50 bits per heavy atom. The maximum absolute atomic E-state index is 5.44. The summed E-state index contributed by atoms with van der Waals surface area (Å²) in [5.41, 5.74) is 2.02. The first-order valence-corrected chi connectivity index (χ1v) is 8.84. The van der Waals surface area contributed by atoms with Crippen molar-refractivity contribution in [3.63, 3.8) is 0 Å². The lowest BCUT2D eigenvalue weighted by molar-refractivity contribution is 0.192. The summed E-state index contributed by atoms with van der Waals surface area (Å²) in [6.07, 6.45) is 1.84. The first kappa shape index (κ1) is 18.5. The zero-order chi connectivity index (χ0) is 17.7. The molecule has 0 spiro atoms. The molecule has 1 aromatic carbocycles. The van der Waals surface area contributed by atoms with Crippen molar-refractivity contribution in [3.8, 4) is 5.75 Å². The van der Waals surface area contributed by atoms with Crippen molar-refractivity contribution < 1.29 is 4.74 Å². The van der Waals surface area contributed by atoms with Gasteiger partial charge in [-0.25, -0.2) is 0 Å². The highest BCUT2D eigenvalue weighted by atomic mass is 16.5. The zero-order valence-corrected chi connectivity index (χ0v) is 15.8. The van der Waals surface area contributed by atoms with Crippen LogP contribution in [-0.2, 0) is 0 Å². The number of rotatable bonds is 8. The first-order valence-electron chi connectivity index (χ1n) is 8.84. The van der Waals surface area contributed by atoms with Crippen molar-refractivity contribution in [2.75, 3.05) is 25.5 Å². The SMILES string of the molecule is COc1cc(NC(C)CN(CC(C)C)C(C)C)c2ncccc2c1. The Morgan fingerprint density at radius 2 is 1.88 bits per heavy atom. The zero-order valence-electron chi connectivity index (χ0n) is 15.8. The Balaban J connectivity index is 2.18. The Labute approximate surface area is 146 Å². The van der Waals surface area contributed by atoms with E-state index in [1.54, 1.807) is 7.11 Å². The summed E-state index contributed by atoms with van der Waals surface area (Å²) < 4.78 is 5.44. The average molecular weight is 329 g/mol. The summed E-state index contributed by atoms with van der Waals surface area (Å²) in [5.74, 6) is 1.52. The van der Waals surface area contributed by atoms with E-state index in [9.17, 15) is 0 Å². The molecule has 0 aliphatic heterocycles. The van der Waals surface area contributed by atoms with E-state index in [4.69, 9.17) is 4.74 Å². The van der Waals surface area contributed by atoms with Gasteiger partial charge in [-0.15, -0.1) is 0 Å². The molecule has 0 aliphatic rings. The lowest BCUT2D eigenvalue weighted by atomic mass is 10.1. The maximum atomic E-state index is 5.44. The fraction of sp³-hybridized carbons (Fsp3) is 0.550. The van der Waals surface area contributed by atoms with Crippen molar-refractivity contribution in [3.05, 3.63) is 30.5 Å². The summed E-state index contributed by atoms with van der Waals surface area (Å²) in [6, 6.07) is 8.95. The number of hydrogen-bond acceptors (Lipinski definition) is 4. The molecule has 24 heavy (non-hydrogen) atoms. The van der Waals surface area contributed by atoms with E-state index in [1.807, 2.05) is 24.4 Å². The average Bonchev–Trinajstić information content (AvgIpc) is 2.53. The molecule has 1 atom stereocenters. The molecular weight excluding hydrogens is 298 g/mol. The number of nitrogens with one attached hydrogen (secondary N) is 1. The molecule has 0 saturated carbocycles. The van der Waals surface area contributed by atoms with Crippen molar-refractivity contribution in [1.82, 2.24) is 9.88 Å². The maximum Gasteiger partial charge on any atom is 0.121 e. The van der Waals surface area contributed by atoms with E-state index >= 15 is 0 Å². The third kappa shape index (κ3) is 4.84. The van der Waals surface area contributed by atoms with Crippen LogP contribution in [0.3, 0.4) is 0 Å². The van der Waals surface area contributed by atoms with Gasteiger partial charge in [-0.3, -0.25) is 9.88 Å². The smallest absolute Gasteiger partial charge is 0.121 e. The van der Waals surface area contributed by atoms with Crippen molar-refractivity contribution in [2.24, 2.45) is 5.92 Å². The lowest BCUT2D eigenvalue weighted by Gasteiger charge is -2.31. The Kier molecular flexibility index (Phi) is 6.44. The predicted octanol–water partition coefficient (Wildman–Crippen LogP) is 4.41. The van der Waals surface area contributed by atoms with Gasteiger partial charge in [0.05, 0.1) is 18.3 Å². The standard InChI is InChI=1S/C20H31N3O/c1-14(2)12-23(15(3)4)13-16(5)22-19-11-18(24-6)10-17-8-7-9-21-20(17)19/h7-11,14-16,22H,12-13H2,1-6H3. The second-order valence-electron chi connectivity index (χ2n) is 7.24. The van der Waals surface area contributed by atoms with E-state index < -0.39 is 0 Å². The molecule has 1 N–H and O–H groups in total. The van der Waals surface area contributed by atoms with Gasteiger partial charge in [0.2, 0.25) is 0 Å². The van der Waals surface area contributed by atoms with Crippen LogP contribution in [0, 0.1) is 5.92 Å². The van der Waals surface area contributed by atoms with Crippen molar-refractivity contribution in [2.45, 2.75) is 46.7 Å². The molecule has 2 aromatic rings. The van der Waals surface area contributed by atoms with E-state index in [-0.39, 0.29) is 0 Å². The Bertz CT molecular complexity index is 654. The number of hydrogen-bond donors (Lipinski definition) is 1. The molecule has 4 nitrogen and oxygen atoms in total. The second-order valence-corrected chi connectivity index (χ2v) is 7.24. The molecule has 1 unspecified atom stereocenters. The molecule has 0 radical (unpaired) electrons. The molecule has 4 heteroatoms.